The van der Waals surface area contributed by atoms with E-state index in [1.807, 2.05) is 0 Å². The molecule has 1 aromatic rings. The van der Waals surface area contributed by atoms with E-state index in [-0.39, 0.29) is 41.3 Å². The second kappa shape index (κ2) is 12.0. The summed E-state index contributed by atoms with van der Waals surface area (Å²) in [4.78, 5) is 36.3. The zero-order valence-electron chi connectivity index (χ0n) is 18.1. The van der Waals surface area contributed by atoms with Gasteiger partial charge in [-0.25, -0.2) is 0 Å². The van der Waals surface area contributed by atoms with Gasteiger partial charge in [-0.2, -0.15) is 0 Å². The lowest BCUT2D eigenvalue weighted by molar-refractivity contribution is -0.386. The van der Waals surface area contributed by atoms with Crippen LogP contribution >= 0.6 is 11.6 Å². The number of ether oxygens (including phenoxy) is 1. The molecule has 0 spiro atoms. The monoisotopic (exact) mass is 454 g/mol. The number of benzene rings is 1. The second-order valence-corrected chi connectivity index (χ2v) is 8.38. The molecule has 0 aromatic heterocycles. The van der Waals surface area contributed by atoms with Crippen LogP contribution in [0.4, 0.5) is 5.69 Å². The van der Waals surface area contributed by atoms with Crippen LogP contribution in [0.1, 0.15) is 75.6 Å². The van der Waals surface area contributed by atoms with E-state index in [1.165, 1.54) is 12.1 Å². The van der Waals surface area contributed by atoms with Gasteiger partial charge in [0.2, 0.25) is 11.7 Å². The quantitative estimate of drug-likeness (QED) is 0.160. The number of nitrogens with zero attached hydrogens (tertiary/aromatic N) is 2. The van der Waals surface area contributed by atoms with Gasteiger partial charge < -0.3 is 14.7 Å². The van der Waals surface area contributed by atoms with Crippen LogP contribution in [0.15, 0.2) is 12.1 Å². The Morgan fingerprint density at radius 1 is 1.42 bits per heavy atom. The van der Waals surface area contributed by atoms with Crippen molar-refractivity contribution >= 4 is 29.5 Å². The SMILES string of the molecule is CCCC(C1CCCC1)N(C(=O)CCCOc1c(Cl)ccc(C=O)c1[N+](=O)[O-])C(C)O. The van der Waals surface area contributed by atoms with Gasteiger partial charge >= 0.3 is 5.69 Å². The zero-order chi connectivity index (χ0) is 23.0. The fourth-order valence-corrected chi connectivity index (χ4v) is 4.63. The van der Waals surface area contributed by atoms with Crippen molar-refractivity contribution in [1.82, 2.24) is 4.90 Å². The predicted molar refractivity (Wildman–Crippen MR) is 117 cm³/mol. The Labute approximate surface area is 187 Å². The Balaban J connectivity index is 2.03. The third-order valence-electron chi connectivity index (χ3n) is 5.78. The highest BCUT2D eigenvalue weighted by Crippen LogP contribution is 2.37. The highest BCUT2D eigenvalue weighted by Gasteiger charge is 2.34. The summed E-state index contributed by atoms with van der Waals surface area (Å²) in [5.74, 6) is 0.0689. The van der Waals surface area contributed by atoms with Gasteiger partial charge in [-0.05, 0) is 50.7 Å². The topological polar surface area (TPSA) is 110 Å². The van der Waals surface area contributed by atoms with Crippen LogP contribution in [-0.2, 0) is 4.79 Å². The molecule has 0 heterocycles. The Kier molecular flexibility index (Phi) is 9.71. The molecular weight excluding hydrogens is 424 g/mol. The third kappa shape index (κ3) is 6.40. The van der Waals surface area contributed by atoms with Crippen molar-refractivity contribution in [2.24, 2.45) is 5.92 Å². The van der Waals surface area contributed by atoms with E-state index in [4.69, 9.17) is 16.3 Å². The average molecular weight is 455 g/mol. The number of nitro groups is 1. The number of aliphatic hydroxyl groups is 1. The third-order valence-corrected chi connectivity index (χ3v) is 6.08. The zero-order valence-corrected chi connectivity index (χ0v) is 18.8. The first-order valence-corrected chi connectivity index (χ1v) is 11.2. The number of rotatable bonds is 12. The van der Waals surface area contributed by atoms with E-state index in [1.54, 1.807) is 11.8 Å². The molecule has 1 saturated carbocycles. The van der Waals surface area contributed by atoms with Gasteiger partial charge in [-0.3, -0.25) is 19.7 Å². The Morgan fingerprint density at radius 2 is 2.10 bits per heavy atom. The highest BCUT2D eigenvalue weighted by molar-refractivity contribution is 6.32. The van der Waals surface area contributed by atoms with Crippen molar-refractivity contribution in [2.45, 2.75) is 77.5 Å². The summed E-state index contributed by atoms with van der Waals surface area (Å²) in [6.07, 6.45) is 6.14. The molecule has 31 heavy (non-hydrogen) atoms. The van der Waals surface area contributed by atoms with Crippen LogP contribution < -0.4 is 4.74 Å². The van der Waals surface area contributed by atoms with Crippen molar-refractivity contribution < 1.29 is 24.4 Å². The lowest BCUT2D eigenvalue weighted by Gasteiger charge is -2.38. The fraction of sp³-hybridized carbons (Fsp3) is 0.636. The maximum Gasteiger partial charge on any atom is 0.322 e. The number of carbonyl (C=O) groups is 2. The molecule has 9 heteroatoms. The van der Waals surface area contributed by atoms with E-state index in [9.17, 15) is 24.8 Å². The molecule has 8 nitrogen and oxygen atoms in total. The van der Waals surface area contributed by atoms with Gasteiger partial charge in [0, 0.05) is 12.5 Å². The minimum absolute atomic E-state index is 0.0146. The smallest absolute Gasteiger partial charge is 0.322 e. The van der Waals surface area contributed by atoms with Crippen LogP contribution in [-0.4, -0.2) is 46.0 Å². The molecule has 1 amide bonds. The number of carbonyl (C=O) groups excluding carboxylic acids is 2. The van der Waals surface area contributed by atoms with E-state index >= 15 is 0 Å². The maximum atomic E-state index is 12.9. The summed E-state index contributed by atoms with van der Waals surface area (Å²) in [5.41, 5.74) is -0.608. The summed E-state index contributed by atoms with van der Waals surface area (Å²) in [7, 11) is 0. The second-order valence-electron chi connectivity index (χ2n) is 7.97. The van der Waals surface area contributed by atoms with Crippen LogP contribution in [0.3, 0.4) is 0 Å². The standard InChI is InChI=1S/C22H31ClN2O6/c1-3-7-19(16-8-4-5-9-16)24(15(2)27)20(28)10-6-13-31-22-18(23)12-11-17(14-26)21(22)25(29)30/h11-12,14-16,19,27H,3-10,13H2,1-2H3. The molecule has 2 rings (SSSR count). The number of aldehydes is 1. The van der Waals surface area contributed by atoms with Crippen molar-refractivity contribution in [3.05, 3.63) is 32.8 Å². The first-order valence-electron chi connectivity index (χ1n) is 10.9. The molecule has 1 N–H and O–H groups in total. The first-order chi connectivity index (χ1) is 14.8. The molecule has 2 atom stereocenters. The molecular formula is C22H31ClN2O6. The van der Waals surface area contributed by atoms with Gasteiger partial charge in [0.15, 0.2) is 6.29 Å². The molecule has 1 aromatic carbocycles. The van der Waals surface area contributed by atoms with Crippen LogP contribution in [0, 0.1) is 16.0 Å². The van der Waals surface area contributed by atoms with Crippen molar-refractivity contribution in [2.75, 3.05) is 6.61 Å². The number of hydrogen-bond donors (Lipinski definition) is 1. The molecule has 0 aliphatic heterocycles. The maximum absolute atomic E-state index is 12.9. The van der Waals surface area contributed by atoms with E-state index in [0.29, 0.717) is 18.6 Å². The Bertz CT molecular complexity index is 780. The summed E-state index contributed by atoms with van der Waals surface area (Å²) in [5, 5.41) is 21.7. The summed E-state index contributed by atoms with van der Waals surface area (Å²) in [6.45, 7) is 3.70. The minimum atomic E-state index is -0.884. The average Bonchev–Trinajstić information content (AvgIpc) is 3.25. The number of aliphatic hydroxyl groups excluding tert-OH is 1. The molecule has 1 aliphatic rings. The van der Waals surface area contributed by atoms with Gasteiger partial charge in [-0.15, -0.1) is 0 Å². The fourth-order valence-electron chi connectivity index (χ4n) is 4.42. The summed E-state index contributed by atoms with van der Waals surface area (Å²) < 4.78 is 5.50. The highest BCUT2D eigenvalue weighted by atomic mass is 35.5. The van der Waals surface area contributed by atoms with Gasteiger partial charge in [0.1, 0.15) is 6.23 Å². The van der Waals surface area contributed by atoms with Gasteiger partial charge in [0.25, 0.3) is 0 Å². The number of hydrogen-bond acceptors (Lipinski definition) is 6. The molecule has 0 bridgehead atoms. The van der Waals surface area contributed by atoms with Crippen LogP contribution in [0.2, 0.25) is 5.02 Å². The van der Waals surface area contributed by atoms with E-state index in [2.05, 4.69) is 6.92 Å². The molecule has 1 aliphatic carbocycles. The minimum Gasteiger partial charge on any atom is -0.486 e. The molecule has 0 saturated heterocycles. The normalized spacial score (nSPS) is 16.0. The van der Waals surface area contributed by atoms with Crippen LogP contribution in [0.25, 0.3) is 0 Å². The van der Waals surface area contributed by atoms with Gasteiger partial charge in [-0.1, -0.05) is 37.8 Å². The number of nitro benzene ring substituents is 1. The number of halogens is 1. The number of amides is 1. The molecule has 1 fully saturated rings. The Morgan fingerprint density at radius 3 is 2.65 bits per heavy atom. The Hall–Kier alpha value is -2.19. The largest absolute Gasteiger partial charge is 0.486 e. The first kappa shape index (κ1) is 25.1. The lowest BCUT2D eigenvalue weighted by Crippen LogP contribution is -2.49. The van der Waals surface area contributed by atoms with Crippen molar-refractivity contribution in [1.29, 1.82) is 0 Å². The van der Waals surface area contributed by atoms with E-state index in [0.717, 1.165) is 38.5 Å². The lowest BCUT2D eigenvalue weighted by atomic mass is 9.92. The van der Waals surface area contributed by atoms with Crippen molar-refractivity contribution in [3.8, 4) is 5.75 Å². The molecule has 2 unspecified atom stereocenters. The molecule has 172 valence electrons. The van der Waals surface area contributed by atoms with Crippen molar-refractivity contribution in [3.63, 3.8) is 0 Å². The summed E-state index contributed by atoms with van der Waals surface area (Å²) >= 11 is 6.03. The predicted octanol–water partition coefficient (Wildman–Crippen LogP) is 4.75. The molecule has 0 radical (unpaired) electrons. The summed E-state index contributed by atoms with van der Waals surface area (Å²) in [6, 6.07) is 2.65. The van der Waals surface area contributed by atoms with E-state index < -0.39 is 16.8 Å². The van der Waals surface area contributed by atoms with Gasteiger partial charge in [0.05, 0.1) is 22.1 Å². The van der Waals surface area contributed by atoms with Crippen LogP contribution in [0.5, 0.6) is 5.75 Å².